The summed E-state index contributed by atoms with van der Waals surface area (Å²) in [6.07, 6.45) is 1.99. The standard InChI is InChI=1S/C30H50O7/c1-16(2)18(17(3)15-31)11-26(35)29(6,36)25-8-10-30(37)20-12-22(32)21-13-23(33)24(34)14-27(21,4)19(20)7-9-28(25,30)5/h12,16-19,21,23-26,31,33-37H,7-11,13-15H2,1-6H3/t17-,18+,19+,21+,23-,24+,25+,26-,27-,28-,29-,30-/m1/s1. The molecule has 0 radical (unpaired) electrons. The van der Waals surface area contributed by atoms with Crippen LogP contribution in [0.1, 0.15) is 86.5 Å². The number of carbonyl (C=O) groups is 1. The van der Waals surface area contributed by atoms with Gasteiger partial charge in [-0.2, -0.15) is 0 Å². The molecule has 4 aliphatic carbocycles. The van der Waals surface area contributed by atoms with Gasteiger partial charge in [-0.05, 0) is 98.5 Å². The Morgan fingerprint density at radius 1 is 1.08 bits per heavy atom. The first-order valence-corrected chi connectivity index (χ1v) is 14.4. The van der Waals surface area contributed by atoms with E-state index >= 15 is 0 Å². The maximum absolute atomic E-state index is 13.3. The molecule has 0 heterocycles. The molecule has 7 heteroatoms. The van der Waals surface area contributed by atoms with Crippen molar-refractivity contribution in [3.8, 4) is 0 Å². The number of rotatable bonds is 7. The molecule has 0 amide bonds. The smallest absolute Gasteiger partial charge is 0.159 e. The number of ketones is 1. The lowest BCUT2D eigenvalue weighted by molar-refractivity contribution is -0.178. The molecule has 3 fully saturated rings. The van der Waals surface area contributed by atoms with Crippen molar-refractivity contribution < 1.29 is 35.4 Å². The molecule has 0 aromatic heterocycles. The van der Waals surface area contributed by atoms with Crippen LogP contribution in [0.4, 0.5) is 0 Å². The van der Waals surface area contributed by atoms with Crippen LogP contribution in [0.3, 0.4) is 0 Å². The van der Waals surface area contributed by atoms with Crippen molar-refractivity contribution in [3.63, 3.8) is 0 Å². The number of hydrogen-bond acceptors (Lipinski definition) is 7. The number of hydrogen-bond donors (Lipinski definition) is 6. The van der Waals surface area contributed by atoms with E-state index < -0.39 is 40.3 Å². The topological polar surface area (TPSA) is 138 Å². The monoisotopic (exact) mass is 522 g/mol. The summed E-state index contributed by atoms with van der Waals surface area (Å²) in [4.78, 5) is 13.3. The van der Waals surface area contributed by atoms with Gasteiger partial charge >= 0.3 is 0 Å². The van der Waals surface area contributed by atoms with E-state index in [1.165, 1.54) is 0 Å². The van der Waals surface area contributed by atoms with Crippen LogP contribution < -0.4 is 0 Å². The molecule has 12 atom stereocenters. The molecule has 0 aliphatic heterocycles. The van der Waals surface area contributed by atoms with Gasteiger partial charge in [0.2, 0.25) is 0 Å². The van der Waals surface area contributed by atoms with E-state index in [1.807, 2.05) is 20.8 Å². The van der Waals surface area contributed by atoms with Gasteiger partial charge in [0.1, 0.15) is 0 Å². The fraction of sp³-hybridized carbons (Fsp3) is 0.900. The van der Waals surface area contributed by atoms with Gasteiger partial charge in [-0.3, -0.25) is 4.79 Å². The molecule has 3 saturated carbocycles. The lowest BCUT2D eigenvalue weighted by atomic mass is 9.45. The van der Waals surface area contributed by atoms with Gasteiger partial charge < -0.3 is 30.6 Å². The number of allylic oxidation sites excluding steroid dienone is 1. The Hall–Kier alpha value is -0.830. The van der Waals surface area contributed by atoms with Crippen molar-refractivity contribution in [1.29, 1.82) is 0 Å². The third-order valence-corrected chi connectivity index (χ3v) is 11.9. The molecule has 0 saturated heterocycles. The highest BCUT2D eigenvalue weighted by molar-refractivity contribution is 5.95. The van der Waals surface area contributed by atoms with Crippen LogP contribution in [0.15, 0.2) is 11.6 Å². The molecule has 0 aromatic rings. The van der Waals surface area contributed by atoms with Crippen LogP contribution in [-0.4, -0.2) is 72.5 Å². The van der Waals surface area contributed by atoms with Crippen molar-refractivity contribution in [2.24, 2.45) is 46.3 Å². The number of fused-ring (bicyclic) bond motifs is 5. The average molecular weight is 523 g/mol. The maximum atomic E-state index is 13.3. The van der Waals surface area contributed by atoms with Crippen molar-refractivity contribution in [3.05, 3.63) is 11.6 Å². The van der Waals surface area contributed by atoms with E-state index in [9.17, 15) is 35.4 Å². The van der Waals surface area contributed by atoms with Crippen molar-refractivity contribution in [2.75, 3.05) is 6.61 Å². The van der Waals surface area contributed by atoms with E-state index in [4.69, 9.17) is 0 Å². The molecule has 0 bridgehead atoms. The molecule has 6 N–H and O–H groups in total. The van der Waals surface area contributed by atoms with Crippen molar-refractivity contribution >= 4 is 5.78 Å². The number of aliphatic hydroxyl groups excluding tert-OH is 4. The van der Waals surface area contributed by atoms with Gasteiger partial charge in [-0.15, -0.1) is 0 Å². The van der Waals surface area contributed by atoms with Crippen LogP contribution in [0.5, 0.6) is 0 Å². The quantitative estimate of drug-likeness (QED) is 0.302. The predicted octanol–water partition coefficient (Wildman–Crippen LogP) is 2.59. The summed E-state index contributed by atoms with van der Waals surface area (Å²) in [5.74, 6) is -0.664. The Morgan fingerprint density at radius 3 is 2.32 bits per heavy atom. The minimum Gasteiger partial charge on any atom is -0.396 e. The molecule has 0 aromatic carbocycles. The summed E-state index contributed by atoms with van der Waals surface area (Å²) in [5, 5.41) is 66.1. The van der Waals surface area contributed by atoms with Crippen LogP contribution in [0.2, 0.25) is 0 Å². The SMILES string of the molecule is CC(C)[C@H](C[C@@H](O)[C@](C)(O)[C@H]1CC[C@@]2(O)C3=CC(=O)[C@@H]4C[C@@H](O)[C@@H](O)C[C@]4(C)[C@H]3CC[C@]12C)[C@H](C)CO. The van der Waals surface area contributed by atoms with Gasteiger partial charge in [0.15, 0.2) is 5.78 Å². The summed E-state index contributed by atoms with van der Waals surface area (Å²) in [5.41, 5.74) is -3.29. The fourth-order valence-corrected chi connectivity index (χ4v) is 9.33. The highest BCUT2D eigenvalue weighted by Gasteiger charge is 2.69. The molecule has 0 unspecified atom stereocenters. The summed E-state index contributed by atoms with van der Waals surface area (Å²) in [7, 11) is 0. The molecular weight excluding hydrogens is 472 g/mol. The predicted molar refractivity (Wildman–Crippen MR) is 140 cm³/mol. The van der Waals surface area contributed by atoms with E-state index in [0.29, 0.717) is 38.5 Å². The second-order valence-electron chi connectivity index (χ2n) is 14.1. The molecule has 212 valence electrons. The lowest BCUT2D eigenvalue weighted by Gasteiger charge is -2.60. The number of aliphatic hydroxyl groups is 6. The normalized spacial score (nSPS) is 45.8. The van der Waals surface area contributed by atoms with E-state index in [0.717, 1.165) is 5.57 Å². The molecular formula is C30H50O7. The van der Waals surface area contributed by atoms with Gasteiger partial charge in [0, 0.05) is 17.9 Å². The Labute approximate surface area is 222 Å². The summed E-state index contributed by atoms with van der Waals surface area (Å²) < 4.78 is 0. The zero-order valence-electron chi connectivity index (χ0n) is 23.5. The summed E-state index contributed by atoms with van der Waals surface area (Å²) in [6.45, 7) is 11.8. The Bertz CT molecular complexity index is 914. The van der Waals surface area contributed by atoms with Crippen LogP contribution in [-0.2, 0) is 4.79 Å². The van der Waals surface area contributed by atoms with Gasteiger partial charge in [0.25, 0.3) is 0 Å². The third-order valence-electron chi connectivity index (χ3n) is 11.9. The molecule has 7 nitrogen and oxygen atoms in total. The van der Waals surface area contributed by atoms with Crippen molar-refractivity contribution in [1.82, 2.24) is 0 Å². The van der Waals surface area contributed by atoms with Crippen molar-refractivity contribution in [2.45, 2.75) is 116 Å². The van der Waals surface area contributed by atoms with Gasteiger partial charge in [-0.1, -0.05) is 34.6 Å². The highest BCUT2D eigenvalue weighted by Crippen LogP contribution is 2.68. The fourth-order valence-electron chi connectivity index (χ4n) is 9.33. The molecule has 4 rings (SSSR count). The first-order chi connectivity index (χ1) is 17.0. The first kappa shape index (κ1) is 29.2. The van der Waals surface area contributed by atoms with Gasteiger partial charge in [0.05, 0.1) is 29.5 Å². The van der Waals surface area contributed by atoms with E-state index in [1.54, 1.807) is 13.0 Å². The second-order valence-corrected chi connectivity index (χ2v) is 14.1. The Kier molecular flexibility index (Phi) is 7.62. The second kappa shape index (κ2) is 9.67. The zero-order chi connectivity index (χ0) is 27.7. The Morgan fingerprint density at radius 2 is 1.73 bits per heavy atom. The van der Waals surface area contributed by atoms with Crippen LogP contribution in [0.25, 0.3) is 0 Å². The van der Waals surface area contributed by atoms with Crippen LogP contribution >= 0.6 is 0 Å². The highest BCUT2D eigenvalue weighted by atomic mass is 16.3. The molecule has 4 aliphatic rings. The third kappa shape index (κ3) is 4.27. The molecule has 0 spiro atoms. The minimum absolute atomic E-state index is 0.00607. The largest absolute Gasteiger partial charge is 0.396 e. The summed E-state index contributed by atoms with van der Waals surface area (Å²) in [6, 6.07) is 0. The number of carbonyl (C=O) groups excluding carboxylic acids is 1. The van der Waals surface area contributed by atoms with E-state index in [2.05, 4.69) is 13.8 Å². The first-order valence-electron chi connectivity index (χ1n) is 14.4. The average Bonchev–Trinajstić information content (AvgIpc) is 3.10. The Balaban J connectivity index is 1.65. The lowest BCUT2D eigenvalue weighted by Crippen LogP contribution is -2.63. The van der Waals surface area contributed by atoms with E-state index in [-0.39, 0.29) is 54.3 Å². The summed E-state index contributed by atoms with van der Waals surface area (Å²) >= 11 is 0. The zero-order valence-corrected chi connectivity index (χ0v) is 23.5. The molecule has 37 heavy (non-hydrogen) atoms. The minimum atomic E-state index is -1.45. The maximum Gasteiger partial charge on any atom is 0.159 e. The van der Waals surface area contributed by atoms with Crippen LogP contribution in [0, 0.1) is 46.3 Å². The van der Waals surface area contributed by atoms with Gasteiger partial charge in [-0.25, -0.2) is 0 Å².